The van der Waals surface area contributed by atoms with E-state index in [1.807, 2.05) is 30.3 Å². The Bertz CT molecular complexity index is 1040. The lowest BCUT2D eigenvalue weighted by Gasteiger charge is -2.08. The van der Waals surface area contributed by atoms with Gasteiger partial charge in [0.05, 0.1) is 0 Å². The largest absolute Gasteiger partial charge is 0.477 e. The summed E-state index contributed by atoms with van der Waals surface area (Å²) in [5, 5.41) is 12.6. The molecular formula is C21H16ClNO3S. The fourth-order valence-electron chi connectivity index (χ4n) is 2.55. The van der Waals surface area contributed by atoms with Crippen molar-refractivity contribution in [2.45, 2.75) is 6.92 Å². The van der Waals surface area contributed by atoms with Gasteiger partial charge in [0.25, 0.3) is 5.91 Å². The molecule has 1 amide bonds. The van der Waals surface area contributed by atoms with Crippen molar-refractivity contribution in [3.8, 4) is 10.4 Å². The van der Waals surface area contributed by atoms with Crippen LogP contribution in [0.4, 0.5) is 0 Å². The molecule has 27 heavy (non-hydrogen) atoms. The minimum absolute atomic E-state index is 0.184. The van der Waals surface area contributed by atoms with Crippen LogP contribution in [-0.4, -0.2) is 17.0 Å². The van der Waals surface area contributed by atoms with Gasteiger partial charge >= 0.3 is 5.97 Å². The van der Waals surface area contributed by atoms with E-state index in [9.17, 15) is 14.7 Å². The summed E-state index contributed by atoms with van der Waals surface area (Å²) < 4.78 is 0. The Morgan fingerprint density at radius 3 is 2.44 bits per heavy atom. The lowest BCUT2D eigenvalue weighted by Crippen LogP contribution is -2.27. The molecule has 0 fully saturated rings. The average molecular weight is 398 g/mol. The maximum Gasteiger partial charge on any atom is 0.352 e. The standard InChI is InChI=1S/C21H16ClNO3S/c1-13-6-2-3-7-15(13)20(24)23-18(21(25)26)12-14-10-11-19(27-14)16-8-4-5-9-17(16)22/h2-12H,1H3,(H,23,24)(H,25,26)/b18-12-. The van der Waals surface area contributed by atoms with Crippen LogP contribution in [0.3, 0.4) is 0 Å². The first-order valence-corrected chi connectivity index (χ1v) is 9.32. The molecule has 0 saturated carbocycles. The second kappa shape index (κ2) is 8.20. The van der Waals surface area contributed by atoms with Crippen molar-refractivity contribution in [2.24, 2.45) is 0 Å². The monoisotopic (exact) mass is 397 g/mol. The summed E-state index contributed by atoms with van der Waals surface area (Å²) in [4.78, 5) is 25.6. The Balaban J connectivity index is 1.87. The number of carboxylic acids is 1. The molecule has 0 aliphatic carbocycles. The minimum atomic E-state index is -1.20. The van der Waals surface area contributed by atoms with Crippen LogP contribution in [0.5, 0.6) is 0 Å². The first-order chi connectivity index (χ1) is 13.0. The molecule has 136 valence electrons. The first kappa shape index (κ1) is 18.9. The second-order valence-electron chi connectivity index (χ2n) is 5.81. The second-order valence-corrected chi connectivity index (χ2v) is 7.34. The van der Waals surface area contributed by atoms with Crippen molar-refractivity contribution in [1.82, 2.24) is 5.32 Å². The maximum absolute atomic E-state index is 12.4. The minimum Gasteiger partial charge on any atom is -0.477 e. The number of carbonyl (C=O) groups excluding carboxylic acids is 1. The molecule has 0 bridgehead atoms. The molecule has 6 heteroatoms. The topological polar surface area (TPSA) is 66.4 Å². The third kappa shape index (κ3) is 4.45. The zero-order chi connectivity index (χ0) is 19.4. The predicted molar refractivity (Wildman–Crippen MR) is 109 cm³/mol. The van der Waals surface area contributed by atoms with E-state index in [1.54, 1.807) is 37.3 Å². The van der Waals surface area contributed by atoms with Gasteiger partial charge in [0, 0.05) is 25.9 Å². The molecule has 2 N–H and O–H groups in total. The van der Waals surface area contributed by atoms with Gasteiger partial charge in [-0.2, -0.15) is 0 Å². The highest BCUT2D eigenvalue weighted by atomic mass is 35.5. The molecule has 1 aromatic heterocycles. The molecule has 0 atom stereocenters. The summed E-state index contributed by atoms with van der Waals surface area (Å²) in [5.74, 6) is -1.66. The molecule has 0 spiro atoms. The van der Waals surface area contributed by atoms with Crippen LogP contribution in [0.1, 0.15) is 20.8 Å². The number of aryl methyl sites for hydroxylation is 1. The van der Waals surface area contributed by atoms with Crippen molar-refractivity contribution in [3.05, 3.63) is 87.4 Å². The Morgan fingerprint density at radius 1 is 1.04 bits per heavy atom. The van der Waals surface area contributed by atoms with E-state index in [4.69, 9.17) is 11.6 Å². The van der Waals surface area contributed by atoms with Gasteiger partial charge in [-0.25, -0.2) is 4.79 Å². The van der Waals surface area contributed by atoms with Gasteiger partial charge in [-0.1, -0.05) is 48.0 Å². The Labute approximate surface area is 165 Å². The van der Waals surface area contributed by atoms with Crippen LogP contribution in [-0.2, 0) is 4.79 Å². The number of carbonyl (C=O) groups is 2. The number of aliphatic carboxylic acids is 1. The van der Waals surface area contributed by atoms with Crippen LogP contribution in [0.25, 0.3) is 16.5 Å². The van der Waals surface area contributed by atoms with E-state index in [2.05, 4.69) is 5.32 Å². The average Bonchev–Trinajstić information content (AvgIpc) is 3.10. The van der Waals surface area contributed by atoms with E-state index in [0.717, 1.165) is 16.0 Å². The van der Waals surface area contributed by atoms with Gasteiger partial charge in [-0.3, -0.25) is 4.79 Å². The Morgan fingerprint density at radius 2 is 1.74 bits per heavy atom. The molecule has 2 aromatic carbocycles. The van der Waals surface area contributed by atoms with Gasteiger partial charge in [0.1, 0.15) is 5.70 Å². The van der Waals surface area contributed by atoms with Crippen LogP contribution in [0.2, 0.25) is 5.02 Å². The number of rotatable bonds is 5. The van der Waals surface area contributed by atoms with Crippen molar-refractivity contribution < 1.29 is 14.7 Å². The highest BCUT2D eigenvalue weighted by Gasteiger charge is 2.15. The third-order valence-corrected chi connectivity index (χ3v) is 5.32. The maximum atomic E-state index is 12.4. The zero-order valence-electron chi connectivity index (χ0n) is 14.4. The predicted octanol–water partition coefficient (Wildman–Crippen LogP) is 5.23. The smallest absolute Gasteiger partial charge is 0.352 e. The third-order valence-electron chi connectivity index (χ3n) is 3.92. The molecule has 3 aromatic rings. The number of halogens is 1. The molecular weight excluding hydrogens is 382 g/mol. The summed E-state index contributed by atoms with van der Waals surface area (Å²) in [5.41, 5.74) is 1.91. The van der Waals surface area contributed by atoms with Gasteiger partial charge in [0.2, 0.25) is 0 Å². The highest BCUT2D eigenvalue weighted by Crippen LogP contribution is 2.33. The summed E-state index contributed by atoms with van der Waals surface area (Å²) in [6.07, 6.45) is 1.45. The van der Waals surface area contributed by atoms with Crippen LogP contribution in [0, 0.1) is 6.92 Å². The molecule has 3 rings (SSSR count). The molecule has 0 aliphatic rings. The number of amides is 1. The van der Waals surface area contributed by atoms with Crippen molar-refractivity contribution in [1.29, 1.82) is 0 Å². The number of hydrogen-bond donors (Lipinski definition) is 2. The fourth-order valence-corrected chi connectivity index (χ4v) is 3.83. The molecule has 0 unspecified atom stereocenters. The zero-order valence-corrected chi connectivity index (χ0v) is 16.0. The van der Waals surface area contributed by atoms with Crippen molar-refractivity contribution in [3.63, 3.8) is 0 Å². The number of carboxylic acid groups (broad SMARTS) is 1. The van der Waals surface area contributed by atoms with Gasteiger partial charge in [-0.05, 0) is 42.8 Å². The van der Waals surface area contributed by atoms with Crippen LogP contribution >= 0.6 is 22.9 Å². The molecule has 0 radical (unpaired) electrons. The highest BCUT2D eigenvalue weighted by molar-refractivity contribution is 7.16. The quantitative estimate of drug-likeness (QED) is 0.579. The summed E-state index contributed by atoms with van der Waals surface area (Å²) in [7, 11) is 0. The Hall–Kier alpha value is -2.89. The number of nitrogens with one attached hydrogen (secondary N) is 1. The summed E-state index contributed by atoms with van der Waals surface area (Å²) >= 11 is 7.61. The van der Waals surface area contributed by atoms with E-state index in [0.29, 0.717) is 15.5 Å². The molecule has 0 saturated heterocycles. The van der Waals surface area contributed by atoms with E-state index in [-0.39, 0.29) is 5.70 Å². The van der Waals surface area contributed by atoms with Crippen LogP contribution < -0.4 is 5.32 Å². The van der Waals surface area contributed by atoms with Crippen molar-refractivity contribution in [2.75, 3.05) is 0 Å². The first-order valence-electron chi connectivity index (χ1n) is 8.12. The van der Waals surface area contributed by atoms with Crippen LogP contribution in [0.15, 0.2) is 66.4 Å². The summed E-state index contributed by atoms with van der Waals surface area (Å²) in [6, 6.07) is 18.1. The summed E-state index contributed by atoms with van der Waals surface area (Å²) in [6.45, 7) is 1.80. The SMILES string of the molecule is Cc1ccccc1C(=O)N/C(=C\c1ccc(-c2ccccc2Cl)s1)C(=O)O. The number of thiophene rings is 1. The van der Waals surface area contributed by atoms with E-state index in [1.165, 1.54) is 17.4 Å². The van der Waals surface area contributed by atoms with Crippen molar-refractivity contribution >= 4 is 40.9 Å². The molecule has 4 nitrogen and oxygen atoms in total. The van der Waals surface area contributed by atoms with E-state index >= 15 is 0 Å². The molecule has 0 aliphatic heterocycles. The Kier molecular flexibility index (Phi) is 5.74. The fraction of sp³-hybridized carbons (Fsp3) is 0.0476. The number of benzene rings is 2. The molecule has 1 heterocycles. The van der Waals surface area contributed by atoms with Gasteiger partial charge in [-0.15, -0.1) is 11.3 Å². The lowest BCUT2D eigenvalue weighted by atomic mass is 10.1. The number of hydrogen-bond acceptors (Lipinski definition) is 3. The van der Waals surface area contributed by atoms with Gasteiger partial charge in [0.15, 0.2) is 0 Å². The lowest BCUT2D eigenvalue weighted by molar-refractivity contribution is -0.132. The normalized spacial score (nSPS) is 11.3. The van der Waals surface area contributed by atoms with E-state index < -0.39 is 11.9 Å². The van der Waals surface area contributed by atoms with Gasteiger partial charge < -0.3 is 10.4 Å².